The molecule has 0 radical (unpaired) electrons. The zero-order chi connectivity index (χ0) is 26.1. The molecule has 0 saturated carbocycles. The summed E-state index contributed by atoms with van der Waals surface area (Å²) in [7, 11) is 0. The fourth-order valence-corrected chi connectivity index (χ4v) is 5.97. The maximum absolute atomic E-state index is 13.6. The number of aryl methyl sites for hydroxylation is 2. The highest BCUT2D eigenvalue weighted by Crippen LogP contribution is 2.52. The Kier molecular flexibility index (Phi) is 5.13. The molecule has 0 fully saturated rings. The predicted molar refractivity (Wildman–Crippen MR) is 146 cm³/mol. The van der Waals surface area contributed by atoms with E-state index in [-0.39, 0.29) is 21.8 Å². The van der Waals surface area contributed by atoms with E-state index in [0.717, 1.165) is 50.7 Å². The van der Waals surface area contributed by atoms with E-state index in [1.807, 2.05) is 31.2 Å². The second-order valence-corrected chi connectivity index (χ2v) is 11.0. The van der Waals surface area contributed by atoms with Crippen molar-refractivity contribution < 1.29 is 14.1 Å². The van der Waals surface area contributed by atoms with Crippen LogP contribution < -0.4 is 5.32 Å². The molecule has 37 heavy (non-hydrogen) atoms. The lowest BCUT2D eigenvalue weighted by atomic mass is 9.68. The molecule has 0 amide bonds. The molecular formula is C31H28N2O4. The van der Waals surface area contributed by atoms with Crippen molar-refractivity contribution in [3.63, 3.8) is 0 Å². The van der Waals surface area contributed by atoms with Crippen LogP contribution in [0.2, 0.25) is 0 Å². The van der Waals surface area contributed by atoms with Gasteiger partial charge in [-0.05, 0) is 71.9 Å². The van der Waals surface area contributed by atoms with Crippen molar-refractivity contribution in [2.75, 3.05) is 5.32 Å². The van der Waals surface area contributed by atoms with Gasteiger partial charge in [0.05, 0.1) is 4.92 Å². The minimum Gasteiger partial charge on any atom is -0.459 e. The van der Waals surface area contributed by atoms with Crippen molar-refractivity contribution in [3.05, 3.63) is 98.8 Å². The van der Waals surface area contributed by atoms with Gasteiger partial charge in [-0.2, -0.15) is 0 Å². The van der Waals surface area contributed by atoms with E-state index in [2.05, 4.69) is 43.4 Å². The number of hydrogen-bond donors (Lipinski definition) is 1. The Morgan fingerprint density at radius 2 is 1.78 bits per heavy atom. The van der Waals surface area contributed by atoms with Gasteiger partial charge in [0.15, 0.2) is 5.78 Å². The monoisotopic (exact) mass is 492 g/mol. The molecule has 2 aliphatic rings. The molecule has 1 aromatic heterocycles. The van der Waals surface area contributed by atoms with E-state index in [4.69, 9.17) is 4.42 Å². The molecule has 6 nitrogen and oxygen atoms in total. The summed E-state index contributed by atoms with van der Waals surface area (Å²) in [6.45, 7) is 7.88. The summed E-state index contributed by atoms with van der Waals surface area (Å²) in [6.07, 6.45) is 1.29. The third-order valence-corrected chi connectivity index (χ3v) is 7.66. The molecule has 1 aliphatic heterocycles. The van der Waals surface area contributed by atoms with Crippen molar-refractivity contribution in [3.8, 4) is 11.3 Å². The van der Waals surface area contributed by atoms with Crippen LogP contribution in [0.1, 0.15) is 55.2 Å². The van der Waals surface area contributed by atoms with E-state index in [1.54, 1.807) is 19.1 Å². The molecule has 1 aliphatic carbocycles. The van der Waals surface area contributed by atoms with Crippen molar-refractivity contribution in [2.24, 2.45) is 5.41 Å². The molecular weight excluding hydrogens is 464 g/mol. The Morgan fingerprint density at radius 1 is 1.00 bits per heavy atom. The molecule has 6 heteroatoms. The summed E-state index contributed by atoms with van der Waals surface area (Å²) >= 11 is 0. The highest BCUT2D eigenvalue weighted by Gasteiger charge is 2.41. The first-order valence-electron chi connectivity index (χ1n) is 12.5. The fourth-order valence-electron chi connectivity index (χ4n) is 5.97. The number of benzene rings is 3. The number of anilines is 1. The Morgan fingerprint density at radius 3 is 2.57 bits per heavy atom. The largest absolute Gasteiger partial charge is 0.459 e. The quantitative estimate of drug-likeness (QED) is 0.232. The summed E-state index contributed by atoms with van der Waals surface area (Å²) < 4.78 is 6.38. The zero-order valence-corrected chi connectivity index (χ0v) is 21.3. The molecule has 1 atom stereocenters. The highest BCUT2D eigenvalue weighted by molar-refractivity contribution is 6.12. The standard InChI is InChI=1S/C31H28N2O4/c1-17-14-24(33(35)36)18(2)13-21(17)26-11-12-27(37-26)30-29-22(15-31(3,4)16-25(29)34)28-20-8-6-5-7-19(20)9-10-23(28)32-30/h5-14,30,32H,15-16H2,1-4H3/t30-/m1/s1. The van der Waals surface area contributed by atoms with Crippen molar-refractivity contribution in [1.29, 1.82) is 0 Å². The molecule has 0 bridgehead atoms. The number of Topliss-reactive ketones (excluding diaryl/α,β-unsaturated/α-hetero) is 1. The van der Waals surface area contributed by atoms with E-state index >= 15 is 0 Å². The van der Waals surface area contributed by atoms with E-state index in [0.29, 0.717) is 23.5 Å². The molecule has 4 aromatic rings. The average molecular weight is 493 g/mol. The summed E-state index contributed by atoms with van der Waals surface area (Å²) in [5, 5.41) is 17.3. The van der Waals surface area contributed by atoms with Gasteiger partial charge in [0.1, 0.15) is 17.6 Å². The smallest absolute Gasteiger partial charge is 0.272 e. The normalized spacial score (nSPS) is 18.4. The average Bonchev–Trinajstić information content (AvgIpc) is 3.33. The number of furan rings is 1. The SMILES string of the molecule is Cc1cc([N+](=O)[O-])c(C)cc1-c1ccc([C@H]2Nc3ccc4ccccc4c3C3=C2C(=O)CC(C)(C)C3)o1. The molecule has 186 valence electrons. The van der Waals surface area contributed by atoms with Crippen LogP contribution >= 0.6 is 0 Å². The highest BCUT2D eigenvalue weighted by atomic mass is 16.6. The van der Waals surface area contributed by atoms with E-state index in [1.165, 1.54) is 0 Å². The molecule has 6 rings (SSSR count). The third-order valence-electron chi connectivity index (χ3n) is 7.66. The Bertz CT molecular complexity index is 1660. The van der Waals surface area contributed by atoms with Crippen LogP contribution in [0.4, 0.5) is 11.4 Å². The maximum atomic E-state index is 13.6. The first kappa shape index (κ1) is 23.2. The molecule has 0 saturated heterocycles. The van der Waals surface area contributed by atoms with Gasteiger partial charge in [-0.15, -0.1) is 0 Å². The number of carbonyl (C=O) groups excluding carboxylic acids is 1. The van der Waals surface area contributed by atoms with Crippen LogP contribution in [0, 0.1) is 29.4 Å². The van der Waals surface area contributed by atoms with Crippen LogP contribution in [0.3, 0.4) is 0 Å². The number of rotatable bonds is 3. The fraction of sp³-hybridized carbons (Fsp3) is 0.258. The first-order chi connectivity index (χ1) is 17.6. The van der Waals surface area contributed by atoms with Crippen molar-refractivity contribution in [1.82, 2.24) is 0 Å². The second kappa shape index (κ2) is 8.17. The number of nitrogens with zero attached hydrogens (tertiary/aromatic N) is 1. The number of nitrogens with one attached hydrogen (secondary N) is 1. The van der Waals surface area contributed by atoms with Crippen LogP contribution in [-0.2, 0) is 4.79 Å². The number of nitro benzene ring substituents is 1. The van der Waals surface area contributed by atoms with Gasteiger partial charge >= 0.3 is 0 Å². The van der Waals surface area contributed by atoms with Gasteiger partial charge < -0.3 is 9.73 Å². The minimum atomic E-state index is -0.402. The molecule has 0 unspecified atom stereocenters. The topological polar surface area (TPSA) is 85.4 Å². The van der Waals surface area contributed by atoms with Gasteiger partial charge in [0.2, 0.25) is 0 Å². The van der Waals surface area contributed by atoms with Crippen LogP contribution in [0.5, 0.6) is 0 Å². The van der Waals surface area contributed by atoms with Gasteiger partial charge in [0, 0.05) is 40.4 Å². The van der Waals surface area contributed by atoms with E-state index in [9.17, 15) is 14.9 Å². The van der Waals surface area contributed by atoms with Crippen molar-refractivity contribution >= 4 is 33.5 Å². The van der Waals surface area contributed by atoms with E-state index < -0.39 is 6.04 Å². The summed E-state index contributed by atoms with van der Waals surface area (Å²) in [6, 6.07) is 19.3. The lowest BCUT2D eigenvalue weighted by Crippen LogP contribution is -2.33. The summed E-state index contributed by atoms with van der Waals surface area (Å²) in [5.74, 6) is 1.43. The van der Waals surface area contributed by atoms with Gasteiger partial charge in [-0.3, -0.25) is 14.9 Å². The lowest BCUT2D eigenvalue weighted by molar-refractivity contribution is -0.385. The zero-order valence-electron chi connectivity index (χ0n) is 21.3. The Hall–Kier alpha value is -4.19. The van der Waals surface area contributed by atoms with Gasteiger partial charge in [0.25, 0.3) is 5.69 Å². The number of allylic oxidation sites excluding steroid dienone is 1. The van der Waals surface area contributed by atoms with Crippen molar-refractivity contribution in [2.45, 2.75) is 46.6 Å². The Balaban J connectivity index is 1.50. The maximum Gasteiger partial charge on any atom is 0.272 e. The van der Waals surface area contributed by atoms with Gasteiger partial charge in [-0.1, -0.05) is 44.2 Å². The number of carbonyl (C=O) groups is 1. The second-order valence-electron chi connectivity index (χ2n) is 11.0. The van der Waals surface area contributed by atoms with Crippen LogP contribution in [0.15, 0.2) is 70.7 Å². The molecule has 1 N–H and O–H groups in total. The third kappa shape index (κ3) is 3.75. The van der Waals surface area contributed by atoms with Crippen LogP contribution in [-0.4, -0.2) is 10.7 Å². The number of hydrogen-bond acceptors (Lipinski definition) is 5. The first-order valence-corrected chi connectivity index (χ1v) is 12.5. The predicted octanol–water partition coefficient (Wildman–Crippen LogP) is 7.93. The number of fused-ring (bicyclic) bond motifs is 4. The summed E-state index contributed by atoms with van der Waals surface area (Å²) in [4.78, 5) is 24.6. The number of nitro groups is 1. The van der Waals surface area contributed by atoms with Crippen LogP contribution in [0.25, 0.3) is 27.7 Å². The summed E-state index contributed by atoms with van der Waals surface area (Å²) in [5.41, 5.74) is 6.09. The molecule has 2 heterocycles. The Labute approximate surface area is 215 Å². The van der Waals surface area contributed by atoms with Gasteiger partial charge in [-0.25, -0.2) is 0 Å². The number of ketones is 1. The molecule has 3 aromatic carbocycles. The lowest BCUT2D eigenvalue weighted by Gasteiger charge is -2.39. The molecule has 0 spiro atoms. The minimum absolute atomic E-state index is 0.0935.